The van der Waals surface area contributed by atoms with Crippen molar-refractivity contribution in [2.75, 3.05) is 19.6 Å². The molecule has 108 valence electrons. The van der Waals surface area contributed by atoms with Gasteiger partial charge in [0.25, 0.3) is 0 Å². The molecular formula is C16H34N2. The number of unbranched alkanes of at least 4 members (excludes halogenated alkanes) is 1. The second kappa shape index (κ2) is 9.80. The Balaban J connectivity index is 2.11. The van der Waals surface area contributed by atoms with E-state index in [2.05, 4.69) is 31.4 Å². The maximum atomic E-state index is 3.70. The Morgan fingerprint density at radius 1 is 1.28 bits per heavy atom. The third-order valence-corrected chi connectivity index (χ3v) is 4.55. The number of rotatable bonds is 9. The van der Waals surface area contributed by atoms with Gasteiger partial charge in [0, 0.05) is 12.6 Å². The minimum absolute atomic E-state index is 0.715. The Morgan fingerprint density at radius 2 is 2.11 bits per heavy atom. The Kier molecular flexibility index (Phi) is 8.70. The van der Waals surface area contributed by atoms with Crippen molar-refractivity contribution in [2.45, 2.75) is 71.8 Å². The molecular weight excluding hydrogens is 220 g/mol. The first kappa shape index (κ1) is 16.0. The van der Waals surface area contributed by atoms with E-state index >= 15 is 0 Å². The molecule has 1 aliphatic rings. The van der Waals surface area contributed by atoms with Crippen LogP contribution in [0.5, 0.6) is 0 Å². The lowest BCUT2D eigenvalue weighted by molar-refractivity contribution is 0.282. The largest absolute Gasteiger partial charge is 0.315 e. The van der Waals surface area contributed by atoms with Crippen molar-refractivity contribution in [3.8, 4) is 0 Å². The van der Waals surface area contributed by atoms with Gasteiger partial charge in [-0.3, -0.25) is 0 Å². The summed E-state index contributed by atoms with van der Waals surface area (Å²) in [7, 11) is 0. The molecule has 2 N–H and O–H groups in total. The maximum Gasteiger partial charge on any atom is 0.0195 e. The average Bonchev–Trinajstić information content (AvgIpc) is 2.43. The molecule has 3 atom stereocenters. The van der Waals surface area contributed by atoms with Crippen LogP contribution in [0.25, 0.3) is 0 Å². The zero-order chi connectivity index (χ0) is 13.2. The SMILES string of the molecule is CCCCC(CC)CNCC1CC(CC)CCN1. The van der Waals surface area contributed by atoms with Gasteiger partial charge in [-0.05, 0) is 44.2 Å². The predicted octanol–water partition coefficient (Wildman–Crippen LogP) is 3.57. The van der Waals surface area contributed by atoms with Crippen LogP contribution < -0.4 is 10.6 Å². The van der Waals surface area contributed by atoms with E-state index in [1.807, 2.05) is 0 Å². The smallest absolute Gasteiger partial charge is 0.0195 e. The predicted molar refractivity (Wildman–Crippen MR) is 81.0 cm³/mol. The highest BCUT2D eigenvalue weighted by Crippen LogP contribution is 2.19. The van der Waals surface area contributed by atoms with Crippen LogP contribution in [0, 0.1) is 11.8 Å². The molecule has 0 aliphatic carbocycles. The highest BCUT2D eigenvalue weighted by Gasteiger charge is 2.19. The molecule has 1 aliphatic heterocycles. The van der Waals surface area contributed by atoms with Gasteiger partial charge in [0.1, 0.15) is 0 Å². The molecule has 0 radical (unpaired) electrons. The molecule has 3 unspecified atom stereocenters. The van der Waals surface area contributed by atoms with Crippen molar-refractivity contribution < 1.29 is 0 Å². The van der Waals surface area contributed by atoms with Gasteiger partial charge in [0.2, 0.25) is 0 Å². The fraction of sp³-hybridized carbons (Fsp3) is 1.00. The first-order chi connectivity index (χ1) is 8.80. The highest BCUT2D eigenvalue weighted by molar-refractivity contribution is 4.79. The standard InChI is InChI=1S/C16H34N2/c1-4-7-8-15(6-3)12-17-13-16-11-14(5-2)9-10-18-16/h14-18H,4-13H2,1-3H3. The minimum Gasteiger partial charge on any atom is -0.315 e. The van der Waals surface area contributed by atoms with Crippen molar-refractivity contribution in [3.05, 3.63) is 0 Å². The molecule has 1 fully saturated rings. The van der Waals surface area contributed by atoms with Crippen LogP contribution in [0.2, 0.25) is 0 Å². The van der Waals surface area contributed by atoms with Crippen LogP contribution in [0.15, 0.2) is 0 Å². The van der Waals surface area contributed by atoms with Crippen molar-refractivity contribution >= 4 is 0 Å². The van der Waals surface area contributed by atoms with E-state index in [4.69, 9.17) is 0 Å². The molecule has 0 aromatic carbocycles. The lowest BCUT2D eigenvalue weighted by atomic mass is 9.90. The molecule has 1 heterocycles. The van der Waals surface area contributed by atoms with Crippen LogP contribution in [0.1, 0.15) is 65.7 Å². The van der Waals surface area contributed by atoms with Gasteiger partial charge in [-0.25, -0.2) is 0 Å². The van der Waals surface area contributed by atoms with E-state index in [9.17, 15) is 0 Å². The summed E-state index contributed by atoms with van der Waals surface area (Å²) < 4.78 is 0. The number of hydrogen-bond donors (Lipinski definition) is 2. The van der Waals surface area contributed by atoms with E-state index in [1.165, 1.54) is 64.6 Å². The van der Waals surface area contributed by atoms with Gasteiger partial charge in [0.05, 0.1) is 0 Å². The number of nitrogens with one attached hydrogen (secondary N) is 2. The normalized spacial score (nSPS) is 26.2. The highest BCUT2D eigenvalue weighted by atomic mass is 15.0. The Morgan fingerprint density at radius 3 is 2.78 bits per heavy atom. The van der Waals surface area contributed by atoms with Crippen LogP contribution in [0.3, 0.4) is 0 Å². The molecule has 2 heteroatoms. The van der Waals surface area contributed by atoms with E-state index in [0.717, 1.165) is 11.8 Å². The molecule has 1 saturated heterocycles. The first-order valence-electron chi connectivity index (χ1n) is 8.24. The summed E-state index contributed by atoms with van der Waals surface area (Å²) in [5.74, 6) is 1.84. The van der Waals surface area contributed by atoms with Gasteiger partial charge in [-0.15, -0.1) is 0 Å². The van der Waals surface area contributed by atoms with Crippen LogP contribution in [-0.2, 0) is 0 Å². The van der Waals surface area contributed by atoms with Crippen LogP contribution >= 0.6 is 0 Å². The summed E-state index contributed by atoms with van der Waals surface area (Å²) in [4.78, 5) is 0. The Hall–Kier alpha value is -0.0800. The van der Waals surface area contributed by atoms with Gasteiger partial charge >= 0.3 is 0 Å². The maximum absolute atomic E-state index is 3.70. The summed E-state index contributed by atoms with van der Waals surface area (Å²) in [5.41, 5.74) is 0. The van der Waals surface area contributed by atoms with Gasteiger partial charge in [0.15, 0.2) is 0 Å². The van der Waals surface area contributed by atoms with Crippen molar-refractivity contribution in [2.24, 2.45) is 11.8 Å². The molecule has 18 heavy (non-hydrogen) atoms. The van der Waals surface area contributed by atoms with Crippen molar-refractivity contribution in [1.82, 2.24) is 10.6 Å². The molecule has 0 bridgehead atoms. The second-order valence-corrected chi connectivity index (χ2v) is 6.02. The average molecular weight is 254 g/mol. The van der Waals surface area contributed by atoms with Crippen molar-refractivity contribution in [3.63, 3.8) is 0 Å². The molecule has 2 nitrogen and oxygen atoms in total. The molecule has 0 aromatic heterocycles. The quantitative estimate of drug-likeness (QED) is 0.657. The second-order valence-electron chi connectivity index (χ2n) is 6.02. The topological polar surface area (TPSA) is 24.1 Å². The summed E-state index contributed by atoms with van der Waals surface area (Å²) >= 11 is 0. The van der Waals surface area contributed by atoms with E-state index < -0.39 is 0 Å². The monoisotopic (exact) mass is 254 g/mol. The third-order valence-electron chi connectivity index (χ3n) is 4.55. The number of piperidine rings is 1. The molecule has 0 aromatic rings. The Labute approximate surface area is 114 Å². The zero-order valence-corrected chi connectivity index (χ0v) is 12.8. The molecule has 0 amide bonds. The third kappa shape index (κ3) is 6.19. The van der Waals surface area contributed by atoms with Gasteiger partial charge < -0.3 is 10.6 Å². The molecule has 0 saturated carbocycles. The lowest BCUT2D eigenvalue weighted by Crippen LogP contribution is -2.45. The zero-order valence-electron chi connectivity index (χ0n) is 12.8. The van der Waals surface area contributed by atoms with E-state index in [1.54, 1.807) is 0 Å². The van der Waals surface area contributed by atoms with Crippen LogP contribution in [-0.4, -0.2) is 25.7 Å². The fourth-order valence-corrected chi connectivity index (χ4v) is 3.03. The van der Waals surface area contributed by atoms with Gasteiger partial charge in [-0.2, -0.15) is 0 Å². The molecule has 1 rings (SSSR count). The Bertz CT molecular complexity index is 194. The van der Waals surface area contributed by atoms with E-state index in [0.29, 0.717) is 6.04 Å². The van der Waals surface area contributed by atoms with E-state index in [-0.39, 0.29) is 0 Å². The fourth-order valence-electron chi connectivity index (χ4n) is 3.03. The number of hydrogen-bond acceptors (Lipinski definition) is 2. The summed E-state index contributed by atoms with van der Waals surface area (Å²) in [6, 6.07) is 0.715. The summed E-state index contributed by atoms with van der Waals surface area (Å²) in [6.45, 7) is 10.5. The minimum atomic E-state index is 0.715. The van der Waals surface area contributed by atoms with Crippen LogP contribution in [0.4, 0.5) is 0 Å². The summed E-state index contributed by atoms with van der Waals surface area (Å²) in [6.07, 6.45) is 9.54. The van der Waals surface area contributed by atoms with Crippen molar-refractivity contribution in [1.29, 1.82) is 0 Å². The summed E-state index contributed by atoms with van der Waals surface area (Å²) in [5, 5.41) is 7.35. The molecule has 0 spiro atoms. The first-order valence-corrected chi connectivity index (χ1v) is 8.24. The van der Waals surface area contributed by atoms with Gasteiger partial charge in [-0.1, -0.05) is 46.5 Å². The lowest BCUT2D eigenvalue weighted by Gasteiger charge is -2.30.